The second kappa shape index (κ2) is 53.2. The Bertz CT molecular complexity index is 2090. The zero-order valence-corrected chi connectivity index (χ0v) is 45.7. The second-order valence-corrected chi connectivity index (χ2v) is 14.0. The van der Waals surface area contributed by atoms with E-state index in [1.165, 1.54) is 114 Å². The average Bonchev–Trinajstić information content (AvgIpc) is 4.13. The SMILES string of the molecule is C1CCOC1.C=N.C=N.CCCOC(=O)c1ccc(C(=O)OC)cc1.CCCOC(=O)c1ccc(C(=O)OC)cc1.CO.COC(=O)c1ccc(C(=O)OC)cc1.O=C(OCCO)c1ccc(C(=O)OCCO)cc1.OCCO. The van der Waals surface area contributed by atoms with Gasteiger partial charge in [-0.25, -0.2) is 38.4 Å². The quantitative estimate of drug-likeness (QED) is 0.0404. The van der Waals surface area contributed by atoms with Crippen molar-refractivity contribution < 1.29 is 107 Å². The molecule has 438 valence electrons. The number of carbonyl (C=O) groups is 8. The molecule has 1 aliphatic rings. The van der Waals surface area contributed by atoms with Crippen molar-refractivity contribution in [3.05, 3.63) is 142 Å². The maximum atomic E-state index is 11.4. The molecule has 0 spiro atoms. The summed E-state index contributed by atoms with van der Waals surface area (Å²) in [5.74, 6) is -3.60. The van der Waals surface area contributed by atoms with Crippen LogP contribution in [0.2, 0.25) is 0 Å². The van der Waals surface area contributed by atoms with Gasteiger partial charge in [0, 0.05) is 20.3 Å². The number of esters is 8. The van der Waals surface area contributed by atoms with E-state index < -0.39 is 35.8 Å². The normalized spacial score (nSPS) is 9.87. The lowest BCUT2D eigenvalue weighted by Gasteiger charge is -2.05. The Morgan fingerprint density at radius 3 is 0.671 bits per heavy atom. The largest absolute Gasteiger partial charge is 0.465 e. The zero-order chi connectivity index (χ0) is 60.8. The molecule has 1 aliphatic heterocycles. The number of carbonyl (C=O) groups excluding carboxylic acids is 8. The second-order valence-electron chi connectivity index (χ2n) is 14.0. The van der Waals surface area contributed by atoms with Crippen LogP contribution in [0.3, 0.4) is 0 Å². The van der Waals surface area contributed by atoms with Crippen molar-refractivity contribution in [2.45, 2.75) is 39.5 Å². The van der Waals surface area contributed by atoms with E-state index in [1.807, 2.05) is 13.8 Å². The summed E-state index contributed by atoms with van der Waals surface area (Å²) >= 11 is 0. The van der Waals surface area contributed by atoms with Gasteiger partial charge in [-0.05, 0) is 136 Å². The first-order valence-corrected chi connectivity index (χ1v) is 23.7. The maximum absolute atomic E-state index is 11.4. The first-order valence-electron chi connectivity index (χ1n) is 23.7. The van der Waals surface area contributed by atoms with Gasteiger partial charge in [0.25, 0.3) is 0 Å². The molecule has 0 aliphatic carbocycles. The van der Waals surface area contributed by atoms with E-state index in [0.29, 0.717) is 46.6 Å². The number of benzene rings is 4. The first-order chi connectivity index (χ1) is 38.2. The molecule has 7 N–H and O–H groups in total. The number of methoxy groups -OCH3 is 4. The Kier molecular flexibility index (Phi) is 52.0. The van der Waals surface area contributed by atoms with Gasteiger partial charge >= 0.3 is 47.8 Å². The van der Waals surface area contributed by atoms with Crippen LogP contribution in [-0.2, 0) is 42.6 Å². The Balaban J connectivity index is -0.000000437. The highest BCUT2D eigenvalue weighted by molar-refractivity contribution is 5.95. The van der Waals surface area contributed by atoms with E-state index in [9.17, 15) is 38.4 Å². The molecule has 1 saturated heterocycles. The highest BCUT2D eigenvalue weighted by Gasteiger charge is 2.13. The fourth-order valence-corrected chi connectivity index (χ4v) is 4.95. The molecule has 4 aromatic carbocycles. The minimum Gasteiger partial charge on any atom is -0.465 e. The Morgan fingerprint density at radius 1 is 0.367 bits per heavy atom. The third-order valence-electron chi connectivity index (χ3n) is 8.62. The number of nitrogens with one attached hydrogen (secondary N) is 2. The molecule has 1 fully saturated rings. The van der Waals surface area contributed by atoms with Crippen LogP contribution in [0, 0.1) is 10.8 Å². The van der Waals surface area contributed by atoms with Gasteiger partial charge in [0.1, 0.15) is 13.2 Å². The number of rotatable bonds is 17. The summed E-state index contributed by atoms with van der Waals surface area (Å²) in [5.41, 5.74) is 3.05. The lowest BCUT2D eigenvalue weighted by atomic mass is 10.1. The van der Waals surface area contributed by atoms with Crippen LogP contribution in [0.1, 0.15) is 122 Å². The van der Waals surface area contributed by atoms with Crippen LogP contribution >= 0.6 is 0 Å². The molecule has 24 heteroatoms. The van der Waals surface area contributed by atoms with Gasteiger partial charge < -0.3 is 79.0 Å². The Morgan fingerprint density at radius 2 is 0.544 bits per heavy atom. The van der Waals surface area contributed by atoms with Gasteiger partial charge in [0.2, 0.25) is 0 Å². The van der Waals surface area contributed by atoms with Crippen molar-refractivity contribution in [3.8, 4) is 0 Å². The summed E-state index contributed by atoms with van der Waals surface area (Å²) in [6.07, 6.45) is 4.12. The number of aliphatic hydroxyl groups is 5. The van der Waals surface area contributed by atoms with Crippen molar-refractivity contribution in [1.29, 1.82) is 10.8 Å². The van der Waals surface area contributed by atoms with Gasteiger partial charge in [0.15, 0.2) is 0 Å². The predicted molar refractivity (Wildman–Crippen MR) is 289 cm³/mol. The minimum absolute atomic E-state index is 0.0703. The van der Waals surface area contributed by atoms with Crippen LogP contribution < -0.4 is 0 Å². The van der Waals surface area contributed by atoms with Crippen molar-refractivity contribution in [2.75, 3.05) is 102 Å². The lowest BCUT2D eigenvalue weighted by molar-refractivity contribution is 0.0422. The predicted octanol–water partition coefficient (Wildman–Crippen LogP) is 5.23. The van der Waals surface area contributed by atoms with Gasteiger partial charge in [0.05, 0.1) is 113 Å². The molecule has 4 aromatic rings. The van der Waals surface area contributed by atoms with Crippen LogP contribution in [0.5, 0.6) is 0 Å². The van der Waals surface area contributed by atoms with Crippen LogP contribution in [0.25, 0.3) is 0 Å². The molecule has 1 heterocycles. The molecule has 0 radical (unpaired) electrons. The molecule has 0 unspecified atom stereocenters. The third kappa shape index (κ3) is 36.4. The van der Waals surface area contributed by atoms with Crippen molar-refractivity contribution in [1.82, 2.24) is 0 Å². The first kappa shape index (κ1) is 77.2. The van der Waals surface area contributed by atoms with E-state index in [0.717, 1.165) is 33.2 Å². The number of hydrogen-bond acceptors (Lipinski definition) is 24. The van der Waals surface area contributed by atoms with Gasteiger partial charge in [-0.2, -0.15) is 0 Å². The minimum atomic E-state index is -0.570. The molecule has 79 heavy (non-hydrogen) atoms. The van der Waals surface area contributed by atoms with Crippen molar-refractivity contribution >= 4 is 61.2 Å². The van der Waals surface area contributed by atoms with E-state index in [1.54, 1.807) is 24.3 Å². The van der Waals surface area contributed by atoms with Gasteiger partial charge in [-0.15, -0.1) is 0 Å². The maximum Gasteiger partial charge on any atom is 0.338 e. The van der Waals surface area contributed by atoms with Crippen molar-refractivity contribution in [3.63, 3.8) is 0 Å². The Hall–Kier alpha value is -8.26. The lowest BCUT2D eigenvalue weighted by Crippen LogP contribution is -2.11. The standard InChI is InChI=1S/C12H14O6.2C12H14O4.C10H10O4.C4H8O.C2H6O2.2CH3N.CH4O/c13-5-7-17-11(15)9-1-2-10(4-3-9)12(16)18-8-6-14;2*1-3-8-16-12(14)10-6-4-9(5-7-10)11(13)15-2;1-13-9(11)7-3-5-8(6-4-7)10(12)14-2;1-2-4-5-3-1;3-1-2-4;3*1-2/h1-4,13-14H,5-8H2;2*4-7H,3,8H2,1-2H3;3-6H,1-2H3;1-4H2;3-4H,1-2H2;2*2H,1H2;2H,1H3. The summed E-state index contributed by atoms with van der Waals surface area (Å²) < 4.78 is 42.4. The molecule has 24 nitrogen and oxygen atoms in total. The molecule has 0 bridgehead atoms. The summed E-state index contributed by atoms with van der Waals surface area (Å²) in [7, 11) is 6.23. The monoisotopic (exact) mass is 1120 g/mol. The molecule has 0 amide bonds. The molecule has 0 saturated carbocycles. The number of ether oxygens (including phenoxy) is 9. The zero-order valence-electron chi connectivity index (χ0n) is 45.7. The number of aliphatic hydroxyl groups excluding tert-OH is 5. The third-order valence-corrected chi connectivity index (χ3v) is 8.62. The van der Waals surface area contributed by atoms with E-state index in [-0.39, 0.29) is 62.7 Å². The Labute approximate surface area is 460 Å². The van der Waals surface area contributed by atoms with E-state index in [4.69, 9.17) is 60.0 Å². The van der Waals surface area contributed by atoms with Crippen LogP contribution in [0.15, 0.2) is 97.1 Å². The molecule has 5 rings (SSSR count). The smallest absolute Gasteiger partial charge is 0.338 e. The topological polar surface area (TPSA) is 368 Å². The van der Waals surface area contributed by atoms with Gasteiger partial charge in [-0.3, -0.25) is 0 Å². The highest BCUT2D eigenvalue weighted by atomic mass is 16.6. The highest BCUT2D eigenvalue weighted by Crippen LogP contribution is 2.11. The summed E-state index contributed by atoms with van der Waals surface area (Å²) in [6, 6.07) is 24.1. The van der Waals surface area contributed by atoms with Crippen LogP contribution in [0.4, 0.5) is 0 Å². The fourth-order valence-electron chi connectivity index (χ4n) is 4.95. The molecular weight excluding hydrogens is 1040 g/mol. The van der Waals surface area contributed by atoms with Crippen LogP contribution in [-0.4, -0.2) is 188 Å². The van der Waals surface area contributed by atoms with Gasteiger partial charge in [-0.1, -0.05) is 13.8 Å². The van der Waals surface area contributed by atoms with Crippen molar-refractivity contribution in [2.24, 2.45) is 0 Å². The fraction of sp³-hybridized carbons (Fsp3) is 0.382. The molecule has 0 atom stereocenters. The molecular formula is C55H76N2O22. The van der Waals surface area contributed by atoms with E-state index in [2.05, 4.69) is 32.4 Å². The summed E-state index contributed by atoms with van der Waals surface area (Å²) in [6.45, 7) is 10.8. The summed E-state index contributed by atoms with van der Waals surface area (Å²) in [4.78, 5) is 89.9. The average molecular weight is 1120 g/mol. The molecule has 0 aromatic heterocycles. The number of hydrogen-bond donors (Lipinski definition) is 7. The van der Waals surface area contributed by atoms with E-state index >= 15 is 0 Å². The summed E-state index contributed by atoms with van der Waals surface area (Å²) in [5, 5.41) is 50.3.